The Hall–Kier alpha value is -2.94. The van der Waals surface area contributed by atoms with Crippen LogP contribution in [0.5, 0.6) is 0 Å². The molecule has 0 spiro atoms. The van der Waals surface area contributed by atoms with Crippen molar-refractivity contribution in [2.45, 2.75) is 44.8 Å². The largest absolute Gasteiger partial charge is 0.480 e. The van der Waals surface area contributed by atoms with Crippen LogP contribution in [0.2, 0.25) is 0 Å². The highest BCUT2D eigenvalue weighted by atomic mass is 16.5. The molecule has 0 radical (unpaired) electrons. The van der Waals surface area contributed by atoms with Gasteiger partial charge in [0.05, 0.1) is 19.6 Å². The average Bonchev–Trinajstić information content (AvgIpc) is 3.31. The summed E-state index contributed by atoms with van der Waals surface area (Å²) in [6, 6.07) is 8.32. The molecule has 2 saturated heterocycles. The highest BCUT2D eigenvalue weighted by Gasteiger charge is 2.38. The Morgan fingerprint density at radius 3 is 2.50 bits per heavy atom. The summed E-state index contributed by atoms with van der Waals surface area (Å²) >= 11 is 0. The Morgan fingerprint density at radius 2 is 1.81 bits per heavy atom. The standard InChI is InChI=1S/C23H30N2O7/c26-20(24-11-13-31-14-12-24)9-8-18(22(28)25-10-4-7-19(25)23(29)30)15-21(27)32-16-17-5-2-1-3-6-17/h1-3,5-6,18-19H,4,7-16H2,(H,29,30)/t18-,19-/m0/s1. The maximum absolute atomic E-state index is 13.2. The van der Waals surface area contributed by atoms with Crippen LogP contribution in [0.15, 0.2) is 30.3 Å². The number of rotatable bonds is 9. The summed E-state index contributed by atoms with van der Waals surface area (Å²) in [4.78, 5) is 52.8. The van der Waals surface area contributed by atoms with Crippen molar-refractivity contribution in [1.29, 1.82) is 0 Å². The molecule has 1 N–H and O–H groups in total. The zero-order valence-corrected chi connectivity index (χ0v) is 18.1. The molecule has 0 saturated carbocycles. The van der Waals surface area contributed by atoms with Crippen LogP contribution in [0, 0.1) is 5.92 Å². The Bertz CT molecular complexity index is 808. The van der Waals surface area contributed by atoms with Gasteiger partial charge in [-0.25, -0.2) is 4.79 Å². The third-order valence-corrected chi connectivity index (χ3v) is 5.90. The first kappa shape index (κ1) is 23.7. The highest BCUT2D eigenvalue weighted by molar-refractivity contribution is 5.88. The first-order valence-corrected chi connectivity index (χ1v) is 11.0. The van der Waals surface area contributed by atoms with E-state index in [1.165, 1.54) is 4.90 Å². The van der Waals surface area contributed by atoms with Gasteiger partial charge < -0.3 is 24.4 Å². The molecule has 2 fully saturated rings. The van der Waals surface area contributed by atoms with Crippen molar-refractivity contribution < 1.29 is 33.8 Å². The number of carbonyl (C=O) groups excluding carboxylic acids is 3. The molecule has 2 heterocycles. The first-order chi connectivity index (χ1) is 15.5. The SMILES string of the molecule is O=C(C[C@H](CCC(=O)N1CCOCC1)C(=O)N1CCC[C@H]1C(=O)O)OCc1ccccc1. The van der Waals surface area contributed by atoms with Crippen LogP contribution in [-0.4, -0.2) is 77.5 Å². The third kappa shape index (κ3) is 6.53. The number of carboxylic acid groups (broad SMARTS) is 1. The molecule has 0 aliphatic carbocycles. The van der Waals surface area contributed by atoms with Crippen molar-refractivity contribution in [2.24, 2.45) is 5.92 Å². The minimum Gasteiger partial charge on any atom is -0.480 e. The lowest BCUT2D eigenvalue weighted by molar-refractivity contribution is -0.154. The van der Waals surface area contributed by atoms with Crippen molar-refractivity contribution in [3.05, 3.63) is 35.9 Å². The van der Waals surface area contributed by atoms with Crippen LogP contribution in [-0.2, 0) is 35.3 Å². The molecule has 0 bridgehead atoms. The number of esters is 1. The number of aliphatic carboxylic acids is 1. The Morgan fingerprint density at radius 1 is 1.09 bits per heavy atom. The topological polar surface area (TPSA) is 113 Å². The molecule has 1 aromatic carbocycles. The van der Waals surface area contributed by atoms with Crippen molar-refractivity contribution in [3.63, 3.8) is 0 Å². The van der Waals surface area contributed by atoms with E-state index in [0.29, 0.717) is 45.7 Å². The molecule has 2 amide bonds. The molecular weight excluding hydrogens is 416 g/mol. The van der Waals surface area contributed by atoms with Gasteiger partial charge in [0.1, 0.15) is 12.6 Å². The molecule has 0 unspecified atom stereocenters. The summed E-state index contributed by atoms with van der Waals surface area (Å²) in [5.41, 5.74) is 0.830. The van der Waals surface area contributed by atoms with E-state index in [-0.39, 0.29) is 31.8 Å². The molecule has 9 nitrogen and oxygen atoms in total. The monoisotopic (exact) mass is 446 g/mol. The lowest BCUT2D eigenvalue weighted by Crippen LogP contribution is -2.44. The van der Waals surface area contributed by atoms with Crippen molar-refractivity contribution in [3.8, 4) is 0 Å². The average molecular weight is 447 g/mol. The molecule has 2 aliphatic heterocycles. The number of amides is 2. The fraction of sp³-hybridized carbons (Fsp3) is 0.565. The van der Waals surface area contributed by atoms with Crippen LogP contribution in [0.3, 0.4) is 0 Å². The van der Waals surface area contributed by atoms with Gasteiger partial charge >= 0.3 is 11.9 Å². The van der Waals surface area contributed by atoms with E-state index in [1.807, 2.05) is 30.3 Å². The third-order valence-electron chi connectivity index (χ3n) is 5.90. The maximum atomic E-state index is 13.2. The predicted molar refractivity (Wildman–Crippen MR) is 113 cm³/mol. The highest BCUT2D eigenvalue weighted by Crippen LogP contribution is 2.24. The number of carboxylic acids is 1. The number of benzene rings is 1. The van der Waals surface area contributed by atoms with Crippen LogP contribution < -0.4 is 0 Å². The summed E-state index contributed by atoms with van der Waals surface area (Å²) in [5, 5.41) is 9.44. The summed E-state index contributed by atoms with van der Waals surface area (Å²) in [5.74, 6) is -2.90. The Labute approximate surface area is 187 Å². The fourth-order valence-corrected chi connectivity index (χ4v) is 4.10. The van der Waals surface area contributed by atoms with E-state index in [0.717, 1.165) is 5.56 Å². The van der Waals surface area contributed by atoms with E-state index in [4.69, 9.17) is 9.47 Å². The number of nitrogens with zero attached hydrogens (tertiary/aromatic N) is 2. The van der Waals surface area contributed by atoms with Crippen molar-refractivity contribution in [2.75, 3.05) is 32.8 Å². The minimum atomic E-state index is -1.05. The van der Waals surface area contributed by atoms with Gasteiger partial charge in [-0.05, 0) is 24.8 Å². The summed E-state index contributed by atoms with van der Waals surface area (Å²) in [6.45, 7) is 2.40. The molecule has 2 aliphatic rings. The fourth-order valence-electron chi connectivity index (χ4n) is 4.10. The van der Waals surface area contributed by atoms with Crippen molar-refractivity contribution in [1.82, 2.24) is 9.80 Å². The van der Waals surface area contributed by atoms with Crippen LogP contribution in [0.25, 0.3) is 0 Å². The lowest BCUT2D eigenvalue weighted by atomic mass is 9.96. The Kier molecular flexibility index (Phi) is 8.61. The lowest BCUT2D eigenvalue weighted by Gasteiger charge is -2.29. The van der Waals surface area contributed by atoms with Gasteiger partial charge in [-0.3, -0.25) is 14.4 Å². The smallest absolute Gasteiger partial charge is 0.326 e. The predicted octanol–water partition coefficient (Wildman–Crippen LogP) is 1.45. The summed E-state index contributed by atoms with van der Waals surface area (Å²) in [6.07, 6.45) is 1.07. The van der Waals surface area contributed by atoms with Gasteiger partial charge in [-0.15, -0.1) is 0 Å². The second-order valence-corrected chi connectivity index (χ2v) is 8.11. The second-order valence-electron chi connectivity index (χ2n) is 8.11. The number of hydrogen-bond acceptors (Lipinski definition) is 6. The van der Waals surface area contributed by atoms with E-state index in [9.17, 15) is 24.3 Å². The van der Waals surface area contributed by atoms with Crippen LogP contribution in [0.4, 0.5) is 0 Å². The molecular formula is C23H30N2O7. The van der Waals surface area contributed by atoms with Crippen LogP contribution in [0.1, 0.15) is 37.7 Å². The quantitative estimate of drug-likeness (QED) is 0.571. The van der Waals surface area contributed by atoms with Gasteiger partial charge in [0.25, 0.3) is 0 Å². The van der Waals surface area contributed by atoms with E-state index >= 15 is 0 Å². The number of morpholine rings is 1. The minimum absolute atomic E-state index is 0.0920. The summed E-state index contributed by atoms with van der Waals surface area (Å²) < 4.78 is 10.6. The zero-order chi connectivity index (χ0) is 22.9. The molecule has 3 rings (SSSR count). The number of carbonyl (C=O) groups is 4. The Balaban J connectivity index is 1.62. The zero-order valence-electron chi connectivity index (χ0n) is 18.1. The van der Waals surface area contributed by atoms with Gasteiger partial charge in [-0.2, -0.15) is 0 Å². The van der Waals surface area contributed by atoms with Gasteiger partial charge in [0, 0.05) is 32.0 Å². The first-order valence-electron chi connectivity index (χ1n) is 11.0. The number of likely N-dealkylation sites (tertiary alicyclic amines) is 1. The van der Waals surface area contributed by atoms with Crippen molar-refractivity contribution >= 4 is 23.8 Å². The van der Waals surface area contributed by atoms with E-state index < -0.39 is 29.8 Å². The number of ether oxygens (including phenoxy) is 2. The molecule has 32 heavy (non-hydrogen) atoms. The van der Waals surface area contributed by atoms with Gasteiger partial charge in [0.2, 0.25) is 11.8 Å². The maximum Gasteiger partial charge on any atom is 0.326 e. The van der Waals surface area contributed by atoms with Gasteiger partial charge in [0.15, 0.2) is 0 Å². The number of hydrogen-bond donors (Lipinski definition) is 1. The molecule has 174 valence electrons. The van der Waals surface area contributed by atoms with Gasteiger partial charge in [-0.1, -0.05) is 30.3 Å². The summed E-state index contributed by atoms with van der Waals surface area (Å²) in [7, 11) is 0. The second kappa shape index (κ2) is 11.6. The molecule has 0 aromatic heterocycles. The van der Waals surface area contributed by atoms with Crippen LogP contribution >= 0.6 is 0 Å². The van der Waals surface area contributed by atoms with E-state index in [2.05, 4.69) is 0 Å². The normalized spacial score (nSPS) is 19.4. The molecule has 9 heteroatoms. The molecule has 1 aromatic rings. The molecule has 2 atom stereocenters. The van der Waals surface area contributed by atoms with E-state index in [1.54, 1.807) is 4.90 Å².